The molecule has 4 rings (SSSR count). The minimum atomic E-state index is -1.10. The zero-order valence-electron chi connectivity index (χ0n) is 18.5. The number of nitrogens with one attached hydrogen (secondary N) is 3. The molecule has 1 saturated heterocycles. The average molecular weight is 424 g/mol. The van der Waals surface area contributed by atoms with Gasteiger partial charge in [0.2, 0.25) is 11.8 Å². The van der Waals surface area contributed by atoms with Gasteiger partial charge in [-0.25, -0.2) is 0 Å². The molecule has 7 heteroatoms. The summed E-state index contributed by atoms with van der Waals surface area (Å²) in [4.78, 5) is 27.0. The lowest BCUT2D eigenvalue weighted by Crippen LogP contribution is -2.52. The number of ether oxygens (including phenoxy) is 2. The number of methoxy groups -OCH3 is 2. The number of carbonyl (C=O) groups is 2. The predicted octanol–water partition coefficient (Wildman–Crippen LogP) is 3.43. The third-order valence-corrected chi connectivity index (χ3v) is 6.51. The van der Waals surface area contributed by atoms with Crippen LogP contribution in [-0.4, -0.2) is 32.1 Å². The second kappa shape index (κ2) is 7.89. The van der Waals surface area contributed by atoms with Gasteiger partial charge >= 0.3 is 0 Å². The van der Waals surface area contributed by atoms with E-state index in [9.17, 15) is 9.59 Å². The number of hydrogen-bond donors (Lipinski definition) is 3. The van der Waals surface area contributed by atoms with Crippen molar-refractivity contribution in [2.24, 2.45) is 11.8 Å². The van der Waals surface area contributed by atoms with Crippen LogP contribution in [0.1, 0.15) is 31.4 Å². The Balaban J connectivity index is 1.76. The van der Waals surface area contributed by atoms with Gasteiger partial charge in [0.1, 0.15) is 17.0 Å². The summed E-state index contributed by atoms with van der Waals surface area (Å²) in [5.74, 6) is 0.405. The minimum Gasteiger partial charge on any atom is -0.497 e. The first kappa shape index (κ1) is 21.2. The fraction of sp³-hybridized carbons (Fsp3) is 0.417. The number of para-hydroxylation sites is 1. The summed E-state index contributed by atoms with van der Waals surface area (Å²) in [5.41, 5.74) is 2.01. The van der Waals surface area contributed by atoms with Crippen LogP contribution in [0, 0.1) is 18.8 Å². The Labute approximate surface area is 182 Å². The first-order chi connectivity index (χ1) is 14.8. The third-order valence-electron chi connectivity index (χ3n) is 6.51. The van der Waals surface area contributed by atoms with Crippen molar-refractivity contribution in [1.29, 1.82) is 0 Å². The second-order valence-corrected chi connectivity index (χ2v) is 8.60. The summed E-state index contributed by atoms with van der Waals surface area (Å²) in [6.07, 6.45) is 0.552. The zero-order chi connectivity index (χ0) is 22.3. The summed E-state index contributed by atoms with van der Waals surface area (Å²) in [6, 6.07) is 11.1. The van der Waals surface area contributed by atoms with Gasteiger partial charge in [-0.05, 0) is 37.0 Å². The van der Waals surface area contributed by atoms with E-state index in [-0.39, 0.29) is 23.8 Å². The van der Waals surface area contributed by atoms with Gasteiger partial charge in [0.15, 0.2) is 0 Å². The molecular formula is C24H29N3O4. The third kappa shape index (κ3) is 3.33. The maximum Gasteiger partial charge on any atom is 0.250 e. The van der Waals surface area contributed by atoms with Crippen molar-refractivity contribution in [2.45, 2.75) is 38.8 Å². The molecule has 164 valence electrons. The van der Waals surface area contributed by atoms with Crippen molar-refractivity contribution in [3.8, 4) is 11.5 Å². The van der Waals surface area contributed by atoms with Crippen molar-refractivity contribution >= 4 is 23.2 Å². The van der Waals surface area contributed by atoms with Gasteiger partial charge in [-0.1, -0.05) is 32.0 Å². The topological polar surface area (TPSA) is 88.7 Å². The van der Waals surface area contributed by atoms with Crippen molar-refractivity contribution in [2.75, 3.05) is 24.9 Å². The highest BCUT2D eigenvalue weighted by molar-refractivity contribution is 6.11. The van der Waals surface area contributed by atoms with E-state index in [1.54, 1.807) is 32.4 Å². The highest BCUT2D eigenvalue weighted by atomic mass is 16.5. The molecule has 3 N–H and O–H groups in total. The summed E-state index contributed by atoms with van der Waals surface area (Å²) in [5, 5.41) is 9.55. The number of anilines is 2. The molecule has 1 fully saturated rings. The largest absolute Gasteiger partial charge is 0.497 e. The van der Waals surface area contributed by atoms with Crippen LogP contribution < -0.4 is 25.4 Å². The van der Waals surface area contributed by atoms with Crippen LogP contribution in [0.2, 0.25) is 0 Å². The first-order valence-corrected chi connectivity index (χ1v) is 10.5. The highest BCUT2D eigenvalue weighted by Gasteiger charge is 2.60. The molecule has 1 spiro atoms. The molecule has 2 aromatic carbocycles. The highest BCUT2D eigenvalue weighted by Crippen LogP contribution is 2.49. The lowest BCUT2D eigenvalue weighted by molar-refractivity contribution is -0.130. The summed E-state index contributed by atoms with van der Waals surface area (Å²) >= 11 is 0. The van der Waals surface area contributed by atoms with Gasteiger partial charge in [0, 0.05) is 23.4 Å². The number of rotatable bonds is 5. The quantitative estimate of drug-likeness (QED) is 0.686. The van der Waals surface area contributed by atoms with Crippen molar-refractivity contribution in [3.63, 3.8) is 0 Å². The molecule has 0 unspecified atom stereocenters. The Hall–Kier alpha value is -3.06. The number of amides is 2. The minimum absolute atomic E-state index is 0.0279. The molecule has 0 aromatic heterocycles. The van der Waals surface area contributed by atoms with E-state index in [1.165, 1.54) is 0 Å². The van der Waals surface area contributed by atoms with Crippen molar-refractivity contribution in [3.05, 3.63) is 47.5 Å². The molecular weight excluding hydrogens is 394 g/mol. The molecule has 0 saturated carbocycles. The van der Waals surface area contributed by atoms with Crippen LogP contribution in [0.3, 0.4) is 0 Å². The van der Waals surface area contributed by atoms with Gasteiger partial charge in [-0.2, -0.15) is 0 Å². The van der Waals surface area contributed by atoms with E-state index < -0.39 is 11.5 Å². The molecule has 31 heavy (non-hydrogen) atoms. The molecule has 0 aliphatic carbocycles. The maximum absolute atomic E-state index is 13.6. The Morgan fingerprint density at radius 1 is 1.19 bits per heavy atom. The lowest BCUT2D eigenvalue weighted by atomic mass is 9.79. The fourth-order valence-electron chi connectivity index (χ4n) is 4.74. The van der Waals surface area contributed by atoms with E-state index in [4.69, 9.17) is 9.47 Å². The van der Waals surface area contributed by atoms with Gasteiger partial charge in [-0.3, -0.25) is 14.9 Å². The van der Waals surface area contributed by atoms with Crippen LogP contribution in [0.4, 0.5) is 11.4 Å². The molecule has 0 bridgehead atoms. The van der Waals surface area contributed by atoms with Gasteiger partial charge in [0.25, 0.3) is 0 Å². The normalized spacial score (nSPS) is 24.3. The number of aryl methyl sites for hydroxylation is 1. The number of hydrogen-bond acceptors (Lipinski definition) is 5. The Bertz CT molecular complexity index is 1040. The predicted molar refractivity (Wildman–Crippen MR) is 120 cm³/mol. The maximum atomic E-state index is 13.6. The summed E-state index contributed by atoms with van der Waals surface area (Å²) < 4.78 is 10.7. The fourth-order valence-corrected chi connectivity index (χ4v) is 4.74. The second-order valence-electron chi connectivity index (χ2n) is 8.60. The molecule has 0 radical (unpaired) electrons. The van der Waals surface area contributed by atoms with E-state index in [1.807, 2.05) is 25.1 Å². The van der Waals surface area contributed by atoms with E-state index in [2.05, 4.69) is 29.8 Å². The average Bonchev–Trinajstić information content (AvgIpc) is 3.29. The Morgan fingerprint density at radius 3 is 2.65 bits per heavy atom. The van der Waals surface area contributed by atoms with Crippen LogP contribution in [0.15, 0.2) is 36.4 Å². The smallest absolute Gasteiger partial charge is 0.250 e. The van der Waals surface area contributed by atoms with Crippen LogP contribution in [0.25, 0.3) is 0 Å². The van der Waals surface area contributed by atoms with Crippen LogP contribution in [0.5, 0.6) is 11.5 Å². The Morgan fingerprint density at radius 2 is 1.97 bits per heavy atom. The number of carbonyl (C=O) groups excluding carboxylic acids is 2. The molecule has 3 atom stereocenters. The first-order valence-electron chi connectivity index (χ1n) is 10.5. The van der Waals surface area contributed by atoms with Crippen LogP contribution in [-0.2, 0) is 15.1 Å². The summed E-state index contributed by atoms with van der Waals surface area (Å²) in [6.45, 7) is 6.16. The molecule has 2 aliphatic rings. The monoisotopic (exact) mass is 423 g/mol. The van der Waals surface area contributed by atoms with Gasteiger partial charge < -0.3 is 20.1 Å². The van der Waals surface area contributed by atoms with Crippen LogP contribution >= 0.6 is 0 Å². The van der Waals surface area contributed by atoms with Gasteiger partial charge in [0.05, 0.1) is 25.8 Å². The molecule has 2 aromatic rings. The van der Waals surface area contributed by atoms with Crippen molar-refractivity contribution in [1.82, 2.24) is 5.32 Å². The van der Waals surface area contributed by atoms with Crippen molar-refractivity contribution < 1.29 is 19.1 Å². The lowest BCUT2D eigenvalue weighted by Gasteiger charge is -2.30. The summed E-state index contributed by atoms with van der Waals surface area (Å²) in [7, 11) is 3.12. The standard InChI is InChI=1S/C24H29N3O4/c1-13(2)18-12-17(22(28)25-19-11-15(30-4)9-10-20(19)31-5)24(27-18)16-8-6-7-14(3)21(16)26-23(24)29/h6-11,13,17-18,27H,12H2,1-5H3,(H,25,28)(H,26,29)/t17-,18-,24+/m1/s1. The molecule has 7 nitrogen and oxygen atoms in total. The zero-order valence-corrected chi connectivity index (χ0v) is 18.5. The molecule has 2 aliphatic heterocycles. The number of benzene rings is 2. The Kier molecular flexibility index (Phi) is 5.39. The van der Waals surface area contributed by atoms with Gasteiger partial charge in [-0.15, -0.1) is 0 Å². The SMILES string of the molecule is COc1ccc(OC)c(NC(=O)[C@H]2C[C@H](C(C)C)N[C@]23C(=O)Nc2c(C)cccc23)c1. The molecule has 2 amide bonds. The van der Waals surface area contributed by atoms with E-state index in [0.717, 1.165) is 16.8 Å². The van der Waals surface area contributed by atoms with E-state index in [0.29, 0.717) is 23.6 Å². The molecule has 2 heterocycles. The number of fused-ring (bicyclic) bond motifs is 2. The van der Waals surface area contributed by atoms with E-state index >= 15 is 0 Å².